The monoisotopic (exact) mass is 342 g/mol. The van der Waals surface area contributed by atoms with Crippen LogP contribution in [0.1, 0.15) is 42.4 Å². The van der Waals surface area contributed by atoms with E-state index in [1.807, 2.05) is 38.1 Å². The van der Waals surface area contributed by atoms with Gasteiger partial charge in [-0.3, -0.25) is 9.88 Å². The summed E-state index contributed by atoms with van der Waals surface area (Å²) in [5, 5.41) is 0.998. The number of benzene rings is 1. The molecule has 0 bridgehead atoms. The third-order valence-corrected chi connectivity index (χ3v) is 5.07. The first-order valence-electron chi connectivity index (χ1n) is 8.94. The first-order valence-corrected chi connectivity index (χ1v) is 8.94. The van der Waals surface area contributed by atoms with Crippen LogP contribution in [0.25, 0.3) is 10.9 Å². The number of hydrogen-bond acceptors (Lipinski definition) is 5. The normalized spacial score (nSPS) is 21.4. The molecule has 2 atom stereocenters. The van der Waals surface area contributed by atoms with E-state index in [-0.39, 0.29) is 18.1 Å². The summed E-state index contributed by atoms with van der Waals surface area (Å²) < 4.78 is 11.0. The molecule has 0 spiro atoms. The van der Waals surface area contributed by atoms with Gasteiger partial charge in [0.05, 0.1) is 36.1 Å². The van der Waals surface area contributed by atoms with Crippen LogP contribution >= 0.6 is 0 Å². The van der Waals surface area contributed by atoms with Crippen LogP contribution in [-0.4, -0.2) is 47.8 Å². The number of aromatic nitrogens is 1. The lowest BCUT2D eigenvalue weighted by Gasteiger charge is -2.37. The van der Waals surface area contributed by atoms with Crippen LogP contribution in [0.3, 0.4) is 0 Å². The molecule has 0 aliphatic carbocycles. The van der Waals surface area contributed by atoms with Crippen molar-refractivity contribution in [1.82, 2.24) is 9.88 Å². The van der Waals surface area contributed by atoms with E-state index in [2.05, 4.69) is 18.7 Å². The summed E-state index contributed by atoms with van der Waals surface area (Å²) in [6.07, 6.45) is 0.168. The average Bonchev–Trinajstić information content (AvgIpc) is 2.59. The van der Waals surface area contributed by atoms with E-state index >= 15 is 0 Å². The first-order chi connectivity index (χ1) is 12.0. The van der Waals surface area contributed by atoms with Crippen molar-refractivity contribution in [1.29, 1.82) is 0 Å². The van der Waals surface area contributed by atoms with Gasteiger partial charge in [0.15, 0.2) is 0 Å². The fourth-order valence-corrected chi connectivity index (χ4v) is 3.44. The molecular formula is C20H26N2O3. The van der Waals surface area contributed by atoms with Crippen LogP contribution in [0.4, 0.5) is 0 Å². The third-order valence-electron chi connectivity index (χ3n) is 5.07. The quantitative estimate of drug-likeness (QED) is 0.798. The Labute approximate surface area is 148 Å². The van der Waals surface area contributed by atoms with Gasteiger partial charge in [0.25, 0.3) is 0 Å². The number of rotatable bonds is 4. The molecule has 1 aliphatic rings. The number of carbonyl (C=O) groups is 1. The highest BCUT2D eigenvalue weighted by molar-refractivity contribution is 5.98. The number of esters is 1. The molecule has 1 aromatic heterocycles. The molecule has 1 aromatic carbocycles. The molecule has 134 valence electrons. The summed E-state index contributed by atoms with van der Waals surface area (Å²) in [5.41, 5.74) is 3.24. The number of carbonyl (C=O) groups excluding carboxylic acids is 1. The van der Waals surface area contributed by atoms with Crippen molar-refractivity contribution in [3.63, 3.8) is 0 Å². The number of aryl methyl sites for hydroxylation is 1. The zero-order chi connectivity index (χ0) is 18.0. The predicted octanol–water partition coefficient (Wildman–Crippen LogP) is 3.33. The molecule has 5 heteroatoms. The topological polar surface area (TPSA) is 51.7 Å². The molecule has 0 unspecified atom stereocenters. The number of ether oxygens (including phenoxy) is 2. The van der Waals surface area contributed by atoms with Crippen molar-refractivity contribution < 1.29 is 14.3 Å². The number of pyridine rings is 1. The Bertz CT molecular complexity index is 775. The van der Waals surface area contributed by atoms with Gasteiger partial charge < -0.3 is 9.47 Å². The summed E-state index contributed by atoms with van der Waals surface area (Å²) in [6.45, 7) is 10.6. The molecule has 25 heavy (non-hydrogen) atoms. The van der Waals surface area contributed by atoms with Crippen molar-refractivity contribution in [2.24, 2.45) is 0 Å². The highest BCUT2D eigenvalue weighted by Crippen LogP contribution is 2.26. The Kier molecular flexibility index (Phi) is 5.35. The fraction of sp³-hybridized carbons (Fsp3) is 0.500. The van der Waals surface area contributed by atoms with Crippen LogP contribution in [0.2, 0.25) is 0 Å². The second-order valence-corrected chi connectivity index (χ2v) is 6.58. The molecule has 2 heterocycles. The van der Waals surface area contributed by atoms with E-state index in [0.29, 0.717) is 25.3 Å². The summed E-state index contributed by atoms with van der Waals surface area (Å²) >= 11 is 0. The molecule has 0 N–H and O–H groups in total. The van der Waals surface area contributed by atoms with Crippen molar-refractivity contribution in [2.75, 3.05) is 19.8 Å². The summed E-state index contributed by atoms with van der Waals surface area (Å²) in [4.78, 5) is 19.7. The Morgan fingerprint density at radius 1 is 1.36 bits per heavy atom. The number of hydrogen-bond donors (Lipinski definition) is 0. The largest absolute Gasteiger partial charge is 0.462 e. The number of morpholine rings is 1. The highest BCUT2D eigenvalue weighted by Gasteiger charge is 2.28. The maximum absolute atomic E-state index is 12.6. The van der Waals surface area contributed by atoms with E-state index in [0.717, 1.165) is 28.7 Å². The third kappa shape index (κ3) is 3.53. The molecule has 1 saturated heterocycles. The summed E-state index contributed by atoms with van der Waals surface area (Å²) in [6, 6.07) is 8.21. The maximum atomic E-state index is 12.6. The molecule has 0 saturated carbocycles. The standard InChI is InChI=1S/C20H26N2O3/c1-5-24-20(23)19-13(2)16-8-6-7-9-17(16)21-18(19)12-22-10-11-25-15(4)14(22)3/h6-9,14-15H,5,10-12H2,1-4H3/t14-,15-/m1/s1. The lowest BCUT2D eigenvalue weighted by atomic mass is 10.0. The molecule has 3 rings (SSSR count). The van der Waals surface area contributed by atoms with Gasteiger partial charge in [0.2, 0.25) is 0 Å². The SMILES string of the molecule is CCOC(=O)c1c(CN2CCO[C@H](C)[C@H]2C)nc2ccccc2c1C. The van der Waals surface area contributed by atoms with Crippen LogP contribution in [0.5, 0.6) is 0 Å². The van der Waals surface area contributed by atoms with Gasteiger partial charge in [0.1, 0.15) is 0 Å². The fourth-order valence-electron chi connectivity index (χ4n) is 3.44. The first kappa shape index (κ1) is 17.8. The second kappa shape index (κ2) is 7.50. The second-order valence-electron chi connectivity index (χ2n) is 6.58. The van der Waals surface area contributed by atoms with E-state index in [1.165, 1.54) is 0 Å². The van der Waals surface area contributed by atoms with Crippen LogP contribution < -0.4 is 0 Å². The summed E-state index contributed by atoms with van der Waals surface area (Å²) in [5.74, 6) is -0.290. The van der Waals surface area contributed by atoms with E-state index in [1.54, 1.807) is 0 Å². The van der Waals surface area contributed by atoms with Gasteiger partial charge >= 0.3 is 5.97 Å². The van der Waals surface area contributed by atoms with Crippen molar-refractivity contribution in [3.05, 3.63) is 41.1 Å². The number of nitrogens with zero attached hydrogens (tertiary/aromatic N) is 2. The van der Waals surface area contributed by atoms with Gasteiger partial charge in [0, 0.05) is 24.5 Å². The van der Waals surface area contributed by atoms with Gasteiger partial charge in [-0.15, -0.1) is 0 Å². The minimum Gasteiger partial charge on any atom is -0.462 e. The number of para-hydroxylation sites is 1. The molecular weight excluding hydrogens is 316 g/mol. The van der Waals surface area contributed by atoms with Gasteiger partial charge in [-0.2, -0.15) is 0 Å². The van der Waals surface area contributed by atoms with Gasteiger partial charge in [-0.1, -0.05) is 18.2 Å². The molecule has 0 radical (unpaired) electrons. The smallest absolute Gasteiger partial charge is 0.340 e. The van der Waals surface area contributed by atoms with Crippen molar-refractivity contribution in [3.8, 4) is 0 Å². The van der Waals surface area contributed by atoms with Crippen LogP contribution in [0.15, 0.2) is 24.3 Å². The Morgan fingerprint density at radius 3 is 2.88 bits per heavy atom. The Morgan fingerprint density at radius 2 is 2.12 bits per heavy atom. The predicted molar refractivity (Wildman–Crippen MR) is 97.7 cm³/mol. The van der Waals surface area contributed by atoms with E-state index < -0.39 is 0 Å². The molecule has 1 fully saturated rings. The lowest BCUT2D eigenvalue weighted by Crippen LogP contribution is -2.48. The Balaban J connectivity index is 2.05. The maximum Gasteiger partial charge on any atom is 0.340 e. The van der Waals surface area contributed by atoms with E-state index in [9.17, 15) is 4.79 Å². The summed E-state index contributed by atoms with van der Waals surface area (Å²) in [7, 11) is 0. The van der Waals surface area contributed by atoms with E-state index in [4.69, 9.17) is 14.5 Å². The minimum atomic E-state index is -0.290. The molecule has 1 aliphatic heterocycles. The minimum absolute atomic E-state index is 0.168. The molecule has 5 nitrogen and oxygen atoms in total. The van der Waals surface area contributed by atoms with Crippen LogP contribution in [0, 0.1) is 6.92 Å². The number of fused-ring (bicyclic) bond motifs is 1. The average molecular weight is 342 g/mol. The highest BCUT2D eigenvalue weighted by atomic mass is 16.5. The van der Waals surface area contributed by atoms with Crippen molar-refractivity contribution >= 4 is 16.9 Å². The molecule has 0 amide bonds. The lowest BCUT2D eigenvalue weighted by molar-refractivity contribution is -0.0589. The van der Waals surface area contributed by atoms with Crippen molar-refractivity contribution in [2.45, 2.75) is 46.4 Å². The zero-order valence-corrected chi connectivity index (χ0v) is 15.4. The van der Waals surface area contributed by atoms with Gasteiger partial charge in [-0.05, 0) is 39.3 Å². The van der Waals surface area contributed by atoms with Gasteiger partial charge in [-0.25, -0.2) is 4.79 Å². The van der Waals surface area contributed by atoms with Crippen LogP contribution in [-0.2, 0) is 16.0 Å². The molecule has 2 aromatic rings. The Hall–Kier alpha value is -1.98. The zero-order valence-electron chi connectivity index (χ0n) is 15.4.